The molecule has 1 rings (SSSR count). The molecule has 4 heteroatoms. The molecule has 82 valence electrons. The molecule has 1 aliphatic heterocycles. The first kappa shape index (κ1) is 11.5. The van der Waals surface area contributed by atoms with Gasteiger partial charge in [0, 0.05) is 12.1 Å². The van der Waals surface area contributed by atoms with E-state index in [0.29, 0.717) is 13.2 Å². The Morgan fingerprint density at radius 1 is 1.64 bits per heavy atom. The summed E-state index contributed by atoms with van der Waals surface area (Å²) in [4.78, 5) is 12.9. The summed E-state index contributed by atoms with van der Waals surface area (Å²) in [6, 6.07) is 0. The molecule has 0 spiro atoms. The van der Waals surface area contributed by atoms with Gasteiger partial charge in [-0.05, 0) is 26.4 Å². The molecule has 0 aromatic heterocycles. The van der Waals surface area contributed by atoms with E-state index >= 15 is 0 Å². The van der Waals surface area contributed by atoms with Crippen LogP contribution in [0.4, 0.5) is 0 Å². The molecule has 1 aliphatic rings. The minimum absolute atomic E-state index is 0.199. The van der Waals surface area contributed by atoms with E-state index in [9.17, 15) is 4.79 Å². The molecule has 0 aromatic carbocycles. The third kappa shape index (κ3) is 2.07. The van der Waals surface area contributed by atoms with Gasteiger partial charge < -0.3 is 14.7 Å². The second kappa shape index (κ2) is 4.28. The van der Waals surface area contributed by atoms with Gasteiger partial charge in [0.25, 0.3) is 0 Å². The number of ether oxygens (including phenoxy) is 1. The number of nitrogens with zero attached hydrogens (tertiary/aromatic N) is 1. The summed E-state index contributed by atoms with van der Waals surface area (Å²) in [5.74, 6) is -0.463. The molecule has 0 bridgehead atoms. The van der Waals surface area contributed by atoms with E-state index in [1.807, 2.05) is 19.0 Å². The van der Waals surface area contributed by atoms with Gasteiger partial charge in [-0.2, -0.15) is 0 Å². The maximum Gasteiger partial charge on any atom is 0.305 e. The Labute approximate surface area is 84.8 Å². The van der Waals surface area contributed by atoms with Crippen LogP contribution in [0, 0.1) is 5.92 Å². The van der Waals surface area contributed by atoms with Crippen LogP contribution in [-0.4, -0.2) is 48.8 Å². The van der Waals surface area contributed by atoms with Crippen LogP contribution in [0.1, 0.15) is 19.8 Å². The van der Waals surface area contributed by atoms with E-state index in [2.05, 4.69) is 6.92 Å². The standard InChI is InChI=1S/C10H19NO3/c1-8-7-14-5-4-10(8,11(2)3)6-9(12)13/h8H,4-7H2,1-3H3,(H,12,13). The Morgan fingerprint density at radius 3 is 2.71 bits per heavy atom. The van der Waals surface area contributed by atoms with Gasteiger partial charge in [-0.25, -0.2) is 0 Å². The molecule has 2 atom stereocenters. The topological polar surface area (TPSA) is 49.8 Å². The van der Waals surface area contributed by atoms with Crippen LogP contribution in [-0.2, 0) is 9.53 Å². The maximum atomic E-state index is 10.9. The Balaban J connectivity index is 2.83. The van der Waals surface area contributed by atoms with Gasteiger partial charge in [0.2, 0.25) is 0 Å². The minimum atomic E-state index is -0.729. The van der Waals surface area contributed by atoms with Crippen molar-refractivity contribution in [3.63, 3.8) is 0 Å². The van der Waals surface area contributed by atoms with Crippen molar-refractivity contribution in [2.45, 2.75) is 25.3 Å². The van der Waals surface area contributed by atoms with Crippen molar-refractivity contribution in [1.29, 1.82) is 0 Å². The monoisotopic (exact) mass is 201 g/mol. The number of carboxylic acid groups (broad SMARTS) is 1. The molecule has 1 saturated heterocycles. The second-order valence-electron chi connectivity index (χ2n) is 4.29. The molecule has 0 aliphatic carbocycles. The number of carboxylic acids is 1. The average molecular weight is 201 g/mol. The van der Waals surface area contributed by atoms with Gasteiger partial charge in [-0.15, -0.1) is 0 Å². The third-order valence-electron chi connectivity index (χ3n) is 3.31. The quantitative estimate of drug-likeness (QED) is 0.734. The fourth-order valence-corrected chi connectivity index (χ4v) is 2.26. The van der Waals surface area contributed by atoms with Gasteiger partial charge in [0.1, 0.15) is 0 Å². The molecule has 0 radical (unpaired) electrons. The van der Waals surface area contributed by atoms with Gasteiger partial charge in [-0.1, -0.05) is 6.92 Å². The molecule has 0 aromatic rings. The van der Waals surface area contributed by atoms with Crippen molar-refractivity contribution in [1.82, 2.24) is 4.90 Å². The maximum absolute atomic E-state index is 10.9. The second-order valence-corrected chi connectivity index (χ2v) is 4.29. The van der Waals surface area contributed by atoms with Crippen molar-refractivity contribution in [2.24, 2.45) is 5.92 Å². The molecule has 1 fully saturated rings. The minimum Gasteiger partial charge on any atom is -0.481 e. The van der Waals surface area contributed by atoms with E-state index < -0.39 is 5.97 Å². The fraction of sp³-hybridized carbons (Fsp3) is 0.900. The average Bonchev–Trinajstić information content (AvgIpc) is 2.08. The zero-order chi connectivity index (χ0) is 10.8. The van der Waals surface area contributed by atoms with E-state index in [1.165, 1.54) is 0 Å². The first-order valence-corrected chi connectivity index (χ1v) is 4.96. The fourth-order valence-electron chi connectivity index (χ4n) is 2.26. The first-order valence-electron chi connectivity index (χ1n) is 4.96. The van der Waals surface area contributed by atoms with Crippen LogP contribution >= 0.6 is 0 Å². The summed E-state index contributed by atoms with van der Waals surface area (Å²) in [5, 5.41) is 8.93. The molecule has 0 amide bonds. The highest BCUT2D eigenvalue weighted by Crippen LogP contribution is 2.34. The number of hydrogen-bond acceptors (Lipinski definition) is 3. The van der Waals surface area contributed by atoms with E-state index in [1.54, 1.807) is 0 Å². The molecular formula is C10H19NO3. The molecule has 4 nitrogen and oxygen atoms in total. The van der Waals surface area contributed by atoms with Crippen LogP contribution in [0.5, 0.6) is 0 Å². The SMILES string of the molecule is CC1COCCC1(CC(=O)O)N(C)C. The van der Waals surface area contributed by atoms with E-state index in [-0.39, 0.29) is 17.9 Å². The van der Waals surface area contributed by atoms with Crippen molar-refractivity contribution >= 4 is 5.97 Å². The Bertz CT molecular complexity index is 217. The smallest absolute Gasteiger partial charge is 0.305 e. The molecule has 1 heterocycles. The Morgan fingerprint density at radius 2 is 2.29 bits per heavy atom. The number of carbonyl (C=O) groups is 1. The highest BCUT2D eigenvalue weighted by molar-refractivity contribution is 5.68. The summed E-state index contributed by atoms with van der Waals surface area (Å²) in [6.45, 7) is 3.38. The van der Waals surface area contributed by atoms with Crippen molar-refractivity contribution < 1.29 is 14.6 Å². The summed E-state index contributed by atoms with van der Waals surface area (Å²) in [5.41, 5.74) is -0.232. The largest absolute Gasteiger partial charge is 0.481 e. The van der Waals surface area contributed by atoms with Gasteiger partial charge >= 0.3 is 5.97 Å². The third-order valence-corrected chi connectivity index (χ3v) is 3.31. The van der Waals surface area contributed by atoms with Crippen molar-refractivity contribution in [3.8, 4) is 0 Å². The molecule has 0 saturated carbocycles. The summed E-state index contributed by atoms with van der Waals surface area (Å²) in [7, 11) is 3.90. The summed E-state index contributed by atoms with van der Waals surface area (Å²) >= 11 is 0. The number of aliphatic carboxylic acids is 1. The predicted octanol–water partition coefficient (Wildman–Crippen LogP) is 0.818. The highest BCUT2D eigenvalue weighted by atomic mass is 16.5. The van der Waals surface area contributed by atoms with Crippen LogP contribution < -0.4 is 0 Å². The van der Waals surface area contributed by atoms with Crippen LogP contribution in [0.2, 0.25) is 0 Å². The molecule has 14 heavy (non-hydrogen) atoms. The highest BCUT2D eigenvalue weighted by Gasteiger charge is 2.42. The summed E-state index contributed by atoms with van der Waals surface area (Å²) in [6.07, 6.45) is 0.998. The molecular weight excluding hydrogens is 182 g/mol. The summed E-state index contributed by atoms with van der Waals surface area (Å²) < 4.78 is 5.35. The number of hydrogen-bond donors (Lipinski definition) is 1. The molecule has 1 N–H and O–H groups in total. The van der Waals surface area contributed by atoms with Crippen LogP contribution in [0.3, 0.4) is 0 Å². The lowest BCUT2D eigenvalue weighted by Crippen LogP contribution is -2.55. The van der Waals surface area contributed by atoms with Gasteiger partial charge in [0.05, 0.1) is 13.0 Å². The van der Waals surface area contributed by atoms with Gasteiger partial charge in [0.15, 0.2) is 0 Å². The molecule has 2 unspecified atom stereocenters. The lowest BCUT2D eigenvalue weighted by molar-refractivity contribution is -0.144. The first-order chi connectivity index (χ1) is 6.49. The lowest BCUT2D eigenvalue weighted by atomic mass is 9.77. The van der Waals surface area contributed by atoms with Crippen LogP contribution in [0.15, 0.2) is 0 Å². The number of rotatable bonds is 3. The Kier molecular flexibility index (Phi) is 3.50. The van der Waals surface area contributed by atoms with Gasteiger partial charge in [-0.3, -0.25) is 4.79 Å². The zero-order valence-electron chi connectivity index (χ0n) is 9.12. The van der Waals surface area contributed by atoms with E-state index in [0.717, 1.165) is 6.42 Å². The lowest BCUT2D eigenvalue weighted by Gasteiger charge is -2.46. The Hall–Kier alpha value is -0.610. The van der Waals surface area contributed by atoms with Crippen LogP contribution in [0.25, 0.3) is 0 Å². The predicted molar refractivity (Wildman–Crippen MR) is 53.3 cm³/mol. The normalized spacial score (nSPS) is 33.3. The van der Waals surface area contributed by atoms with Crippen molar-refractivity contribution in [3.05, 3.63) is 0 Å². The van der Waals surface area contributed by atoms with Crippen molar-refractivity contribution in [2.75, 3.05) is 27.3 Å². The van der Waals surface area contributed by atoms with E-state index in [4.69, 9.17) is 9.84 Å². The zero-order valence-corrected chi connectivity index (χ0v) is 9.12.